The lowest BCUT2D eigenvalue weighted by molar-refractivity contribution is -0.000335. The third-order valence-electron chi connectivity index (χ3n) is 5.69. The van der Waals surface area contributed by atoms with Gasteiger partial charge in [-0.3, -0.25) is 5.10 Å². The summed E-state index contributed by atoms with van der Waals surface area (Å²) >= 11 is 0. The van der Waals surface area contributed by atoms with Gasteiger partial charge in [0.15, 0.2) is 5.82 Å². The van der Waals surface area contributed by atoms with E-state index >= 15 is 0 Å². The molecule has 1 aliphatic heterocycles. The summed E-state index contributed by atoms with van der Waals surface area (Å²) in [5, 5.41) is 11.3. The average Bonchev–Trinajstić information content (AvgIpc) is 3.16. The fraction of sp³-hybridized carbons (Fsp3) is 0.600. The lowest BCUT2D eigenvalue weighted by atomic mass is 9.74. The highest BCUT2D eigenvalue weighted by atomic mass is 16.5. The monoisotopic (exact) mass is 340 g/mol. The average molecular weight is 340 g/mol. The first kappa shape index (κ1) is 16.7. The molecule has 1 aliphatic carbocycles. The molecule has 1 aromatic heterocycles. The van der Waals surface area contributed by atoms with Crippen LogP contribution in [0.4, 0.5) is 0 Å². The van der Waals surface area contributed by atoms with Crippen LogP contribution in [-0.2, 0) is 23.1 Å². The van der Waals surface area contributed by atoms with Gasteiger partial charge in [0, 0.05) is 24.7 Å². The number of ether oxygens (including phenoxy) is 1. The Morgan fingerprint density at radius 3 is 2.72 bits per heavy atom. The van der Waals surface area contributed by atoms with Gasteiger partial charge in [-0.25, -0.2) is 4.98 Å². The second-order valence-corrected chi connectivity index (χ2v) is 8.52. The number of hydrogen-bond donors (Lipinski definition) is 2. The summed E-state index contributed by atoms with van der Waals surface area (Å²) in [7, 11) is 0. The van der Waals surface area contributed by atoms with Crippen LogP contribution in [0.25, 0.3) is 0 Å². The number of hydrogen-bond acceptors (Lipinski definition) is 4. The van der Waals surface area contributed by atoms with Gasteiger partial charge < -0.3 is 10.1 Å². The summed E-state index contributed by atoms with van der Waals surface area (Å²) in [5.74, 6) is 1.79. The first-order valence-electron chi connectivity index (χ1n) is 9.29. The minimum absolute atomic E-state index is 0.0311. The number of rotatable bonds is 3. The molecule has 2 heterocycles. The second-order valence-electron chi connectivity index (χ2n) is 8.52. The first-order chi connectivity index (χ1) is 12.0. The van der Waals surface area contributed by atoms with E-state index in [0.717, 1.165) is 44.1 Å². The topological polar surface area (TPSA) is 62.8 Å². The summed E-state index contributed by atoms with van der Waals surface area (Å²) in [6.45, 7) is 8.85. The van der Waals surface area contributed by atoms with E-state index in [1.807, 2.05) is 0 Å². The number of nitrogens with zero attached hydrogens (tertiary/aromatic N) is 2. The molecule has 1 spiro atoms. The molecular weight excluding hydrogens is 312 g/mol. The van der Waals surface area contributed by atoms with E-state index in [-0.39, 0.29) is 10.8 Å². The van der Waals surface area contributed by atoms with Crippen LogP contribution < -0.4 is 5.32 Å². The Kier molecular flexibility index (Phi) is 4.16. The Bertz CT molecular complexity index is 740. The third-order valence-corrected chi connectivity index (χ3v) is 5.69. The van der Waals surface area contributed by atoms with Crippen molar-refractivity contribution in [2.45, 2.75) is 58.0 Å². The standard InChI is InChI=1S/C20H28N4O/c1-19(2,3)18-22-16(23-24-18)13-21-17-15-7-5-4-6-14(15)12-20(17)8-10-25-11-9-20/h4-7,17,21H,8-13H2,1-3H3,(H,22,23,24). The SMILES string of the molecule is CC(C)(C)c1n[nH]c(CNC2c3ccccc3CC23CCOCC3)n1. The van der Waals surface area contributed by atoms with Gasteiger partial charge in [-0.2, -0.15) is 5.10 Å². The number of fused-ring (bicyclic) bond motifs is 1. The Labute approximate surface area is 149 Å². The van der Waals surface area contributed by atoms with Gasteiger partial charge in [0.25, 0.3) is 0 Å². The molecular formula is C20H28N4O. The molecule has 0 saturated carbocycles. The molecule has 5 nitrogen and oxygen atoms in total. The number of aromatic nitrogens is 3. The van der Waals surface area contributed by atoms with Crippen LogP contribution >= 0.6 is 0 Å². The number of H-pyrrole nitrogens is 1. The van der Waals surface area contributed by atoms with Crippen molar-refractivity contribution in [3.63, 3.8) is 0 Å². The number of benzene rings is 1. The van der Waals surface area contributed by atoms with Crippen LogP contribution in [0, 0.1) is 5.41 Å². The van der Waals surface area contributed by atoms with Gasteiger partial charge in [0.05, 0.1) is 6.54 Å². The van der Waals surface area contributed by atoms with E-state index in [0.29, 0.717) is 12.6 Å². The molecule has 2 N–H and O–H groups in total. The van der Waals surface area contributed by atoms with Crippen molar-refractivity contribution in [3.8, 4) is 0 Å². The fourth-order valence-corrected chi connectivity index (χ4v) is 4.27. The fourth-order valence-electron chi connectivity index (χ4n) is 4.27. The molecule has 2 aliphatic rings. The van der Waals surface area contributed by atoms with Gasteiger partial charge >= 0.3 is 0 Å². The maximum absolute atomic E-state index is 5.65. The Morgan fingerprint density at radius 1 is 1.24 bits per heavy atom. The van der Waals surface area contributed by atoms with E-state index in [1.54, 1.807) is 0 Å². The summed E-state index contributed by atoms with van der Waals surface area (Å²) in [6.07, 6.45) is 3.37. The molecule has 1 fully saturated rings. The van der Waals surface area contributed by atoms with Crippen LogP contribution in [0.3, 0.4) is 0 Å². The van der Waals surface area contributed by atoms with Crippen molar-refractivity contribution < 1.29 is 4.74 Å². The highest BCUT2D eigenvalue weighted by Gasteiger charge is 2.46. The van der Waals surface area contributed by atoms with Crippen molar-refractivity contribution in [3.05, 3.63) is 47.0 Å². The molecule has 5 heteroatoms. The van der Waals surface area contributed by atoms with E-state index in [9.17, 15) is 0 Å². The summed E-state index contributed by atoms with van der Waals surface area (Å²) < 4.78 is 5.65. The molecule has 134 valence electrons. The zero-order valence-electron chi connectivity index (χ0n) is 15.4. The molecule has 1 saturated heterocycles. The van der Waals surface area contributed by atoms with Gasteiger partial charge in [0.2, 0.25) is 0 Å². The lowest BCUT2D eigenvalue weighted by Gasteiger charge is -2.39. The molecule has 1 aromatic carbocycles. The van der Waals surface area contributed by atoms with E-state index in [2.05, 4.69) is 65.5 Å². The Morgan fingerprint density at radius 2 is 2.00 bits per heavy atom. The summed E-state index contributed by atoms with van der Waals surface area (Å²) in [6, 6.07) is 9.22. The van der Waals surface area contributed by atoms with Crippen LogP contribution in [-0.4, -0.2) is 28.4 Å². The van der Waals surface area contributed by atoms with E-state index in [1.165, 1.54) is 11.1 Å². The van der Waals surface area contributed by atoms with Crippen molar-refractivity contribution in [1.29, 1.82) is 0 Å². The molecule has 2 aromatic rings. The predicted octanol–water partition coefficient (Wildman–Crippen LogP) is 3.29. The van der Waals surface area contributed by atoms with Crippen molar-refractivity contribution >= 4 is 0 Å². The third kappa shape index (κ3) is 3.11. The highest BCUT2D eigenvalue weighted by molar-refractivity contribution is 5.38. The predicted molar refractivity (Wildman–Crippen MR) is 97.3 cm³/mol. The number of nitrogens with one attached hydrogen (secondary N) is 2. The smallest absolute Gasteiger partial charge is 0.156 e. The van der Waals surface area contributed by atoms with Crippen LogP contribution in [0.1, 0.15) is 62.4 Å². The van der Waals surface area contributed by atoms with Crippen molar-refractivity contribution in [1.82, 2.24) is 20.5 Å². The molecule has 0 bridgehead atoms. The Balaban J connectivity index is 1.55. The normalized spacial score (nSPS) is 22.3. The maximum atomic E-state index is 5.65. The van der Waals surface area contributed by atoms with Crippen molar-refractivity contribution in [2.75, 3.05) is 13.2 Å². The van der Waals surface area contributed by atoms with Gasteiger partial charge in [0.1, 0.15) is 5.82 Å². The van der Waals surface area contributed by atoms with Crippen LogP contribution in [0.15, 0.2) is 24.3 Å². The minimum Gasteiger partial charge on any atom is -0.381 e. The lowest BCUT2D eigenvalue weighted by Crippen LogP contribution is -2.40. The largest absolute Gasteiger partial charge is 0.381 e. The van der Waals surface area contributed by atoms with Crippen molar-refractivity contribution in [2.24, 2.45) is 5.41 Å². The summed E-state index contributed by atoms with van der Waals surface area (Å²) in [4.78, 5) is 4.68. The molecule has 4 rings (SSSR count). The van der Waals surface area contributed by atoms with E-state index in [4.69, 9.17) is 4.74 Å². The minimum atomic E-state index is -0.0311. The van der Waals surface area contributed by atoms with Gasteiger partial charge in [-0.05, 0) is 35.8 Å². The molecule has 1 unspecified atom stereocenters. The van der Waals surface area contributed by atoms with E-state index < -0.39 is 0 Å². The summed E-state index contributed by atoms with van der Waals surface area (Å²) in [5.41, 5.74) is 3.17. The molecule has 25 heavy (non-hydrogen) atoms. The van der Waals surface area contributed by atoms with Crippen LogP contribution in [0.5, 0.6) is 0 Å². The quantitative estimate of drug-likeness (QED) is 0.900. The zero-order valence-corrected chi connectivity index (χ0v) is 15.4. The molecule has 0 radical (unpaired) electrons. The molecule has 1 atom stereocenters. The molecule has 0 amide bonds. The zero-order chi connectivity index (χ0) is 17.5. The first-order valence-corrected chi connectivity index (χ1v) is 9.29. The van der Waals surface area contributed by atoms with Crippen LogP contribution in [0.2, 0.25) is 0 Å². The number of aromatic amines is 1. The highest BCUT2D eigenvalue weighted by Crippen LogP contribution is 2.51. The second kappa shape index (κ2) is 6.22. The Hall–Kier alpha value is -1.72. The van der Waals surface area contributed by atoms with Gasteiger partial charge in [-0.1, -0.05) is 45.0 Å². The maximum Gasteiger partial charge on any atom is 0.156 e. The van der Waals surface area contributed by atoms with Gasteiger partial charge in [-0.15, -0.1) is 0 Å².